The van der Waals surface area contributed by atoms with Crippen molar-refractivity contribution in [3.63, 3.8) is 0 Å². The molecule has 0 saturated heterocycles. The van der Waals surface area contributed by atoms with E-state index >= 15 is 0 Å². The number of hydrogen-bond donors (Lipinski definition) is 1. The molecule has 0 saturated carbocycles. The van der Waals surface area contributed by atoms with Gasteiger partial charge in [0.15, 0.2) is 0 Å². The maximum absolute atomic E-state index is 5.92. The van der Waals surface area contributed by atoms with Crippen LogP contribution in [0, 0.1) is 5.92 Å². The summed E-state index contributed by atoms with van der Waals surface area (Å²) < 4.78 is 11.0. The monoisotopic (exact) mass is 237 g/mol. The lowest BCUT2D eigenvalue weighted by molar-refractivity contribution is 0.252. The molecule has 0 bridgehead atoms. The Morgan fingerprint density at radius 1 is 1.29 bits per heavy atom. The maximum atomic E-state index is 5.92. The Bertz CT molecular complexity index is 350. The molecule has 96 valence electrons. The van der Waals surface area contributed by atoms with Gasteiger partial charge in [0.05, 0.1) is 13.7 Å². The molecule has 3 nitrogen and oxygen atoms in total. The number of methoxy groups -OCH3 is 1. The summed E-state index contributed by atoms with van der Waals surface area (Å²) in [6.07, 6.45) is 1.11. The smallest absolute Gasteiger partial charge is 0.127 e. The van der Waals surface area contributed by atoms with Crippen molar-refractivity contribution < 1.29 is 9.47 Å². The first-order valence-corrected chi connectivity index (χ1v) is 6.14. The third kappa shape index (κ3) is 3.93. The van der Waals surface area contributed by atoms with E-state index in [1.165, 1.54) is 0 Å². The van der Waals surface area contributed by atoms with Crippen LogP contribution in [0.15, 0.2) is 18.2 Å². The van der Waals surface area contributed by atoms with E-state index in [4.69, 9.17) is 15.2 Å². The standard InChI is InChI=1S/C14H23NO2/c1-5-10(2)9-17-14-8-12(16-4)6-7-13(14)11(3)15/h6-8,10-11H,5,9,15H2,1-4H3. The third-order valence-electron chi connectivity index (χ3n) is 2.93. The highest BCUT2D eigenvalue weighted by Gasteiger charge is 2.10. The molecule has 0 aliphatic rings. The summed E-state index contributed by atoms with van der Waals surface area (Å²) >= 11 is 0. The van der Waals surface area contributed by atoms with Crippen LogP contribution in [-0.4, -0.2) is 13.7 Å². The van der Waals surface area contributed by atoms with Gasteiger partial charge in [-0.15, -0.1) is 0 Å². The predicted octanol–water partition coefficient (Wildman–Crippen LogP) is 3.14. The normalized spacial score (nSPS) is 14.2. The predicted molar refractivity (Wildman–Crippen MR) is 70.5 cm³/mol. The molecule has 0 aliphatic carbocycles. The Morgan fingerprint density at radius 3 is 2.53 bits per heavy atom. The fourth-order valence-electron chi connectivity index (χ4n) is 1.49. The summed E-state index contributed by atoms with van der Waals surface area (Å²) in [6.45, 7) is 7.00. The molecule has 2 atom stereocenters. The first-order valence-electron chi connectivity index (χ1n) is 6.14. The van der Waals surface area contributed by atoms with Gasteiger partial charge in [-0.2, -0.15) is 0 Å². The molecule has 1 aromatic carbocycles. The molecule has 2 unspecified atom stereocenters. The van der Waals surface area contributed by atoms with Crippen LogP contribution in [0.5, 0.6) is 11.5 Å². The Morgan fingerprint density at radius 2 is 2.00 bits per heavy atom. The minimum absolute atomic E-state index is 0.0344. The van der Waals surface area contributed by atoms with Gasteiger partial charge in [0, 0.05) is 17.7 Å². The van der Waals surface area contributed by atoms with Crippen LogP contribution < -0.4 is 15.2 Å². The zero-order valence-corrected chi connectivity index (χ0v) is 11.2. The van der Waals surface area contributed by atoms with Gasteiger partial charge in [-0.3, -0.25) is 0 Å². The molecule has 2 N–H and O–H groups in total. The lowest BCUT2D eigenvalue weighted by Gasteiger charge is -2.17. The lowest BCUT2D eigenvalue weighted by Crippen LogP contribution is -2.12. The Hall–Kier alpha value is -1.22. The molecule has 0 aliphatic heterocycles. The van der Waals surface area contributed by atoms with Crippen LogP contribution in [0.25, 0.3) is 0 Å². The topological polar surface area (TPSA) is 44.5 Å². The van der Waals surface area contributed by atoms with Crippen LogP contribution in [0.4, 0.5) is 0 Å². The van der Waals surface area contributed by atoms with Gasteiger partial charge < -0.3 is 15.2 Å². The van der Waals surface area contributed by atoms with Crippen molar-refractivity contribution in [1.29, 1.82) is 0 Å². The van der Waals surface area contributed by atoms with Gasteiger partial charge in [-0.1, -0.05) is 26.3 Å². The molecule has 0 aromatic heterocycles. The molecule has 3 heteroatoms. The number of hydrogen-bond acceptors (Lipinski definition) is 3. The van der Waals surface area contributed by atoms with Crippen LogP contribution in [0.1, 0.15) is 38.8 Å². The van der Waals surface area contributed by atoms with E-state index < -0.39 is 0 Å². The number of benzene rings is 1. The van der Waals surface area contributed by atoms with Crippen molar-refractivity contribution in [3.05, 3.63) is 23.8 Å². The Labute approximate surface area is 104 Å². The number of nitrogens with two attached hydrogens (primary N) is 1. The van der Waals surface area contributed by atoms with Gasteiger partial charge in [0.25, 0.3) is 0 Å². The summed E-state index contributed by atoms with van der Waals surface area (Å²) in [4.78, 5) is 0. The molecule has 0 radical (unpaired) electrons. The van der Waals surface area contributed by atoms with E-state index in [0.717, 1.165) is 23.5 Å². The summed E-state index contributed by atoms with van der Waals surface area (Å²) in [5.41, 5.74) is 6.95. The van der Waals surface area contributed by atoms with E-state index in [0.29, 0.717) is 12.5 Å². The number of ether oxygens (including phenoxy) is 2. The highest BCUT2D eigenvalue weighted by atomic mass is 16.5. The van der Waals surface area contributed by atoms with Gasteiger partial charge in [-0.25, -0.2) is 0 Å². The maximum Gasteiger partial charge on any atom is 0.127 e. The summed E-state index contributed by atoms with van der Waals surface area (Å²) in [5, 5.41) is 0. The molecule has 0 fully saturated rings. The molecule has 1 aromatic rings. The highest BCUT2D eigenvalue weighted by Crippen LogP contribution is 2.29. The van der Waals surface area contributed by atoms with E-state index in [9.17, 15) is 0 Å². The van der Waals surface area contributed by atoms with Crippen molar-refractivity contribution in [3.8, 4) is 11.5 Å². The fourth-order valence-corrected chi connectivity index (χ4v) is 1.49. The minimum atomic E-state index is -0.0344. The first kappa shape index (κ1) is 13.8. The van der Waals surface area contributed by atoms with Gasteiger partial charge in [-0.05, 0) is 18.9 Å². The molecule has 1 rings (SSSR count). The lowest BCUT2D eigenvalue weighted by atomic mass is 10.1. The van der Waals surface area contributed by atoms with Crippen LogP contribution in [-0.2, 0) is 0 Å². The second kappa shape index (κ2) is 6.50. The Kier molecular flexibility index (Phi) is 5.29. The van der Waals surface area contributed by atoms with Gasteiger partial charge in [0.1, 0.15) is 11.5 Å². The van der Waals surface area contributed by atoms with E-state index in [-0.39, 0.29) is 6.04 Å². The molecule has 0 spiro atoms. The van der Waals surface area contributed by atoms with Crippen molar-refractivity contribution >= 4 is 0 Å². The van der Waals surface area contributed by atoms with Crippen molar-refractivity contribution in [2.24, 2.45) is 11.7 Å². The minimum Gasteiger partial charge on any atom is -0.497 e. The zero-order valence-electron chi connectivity index (χ0n) is 11.2. The number of rotatable bonds is 6. The third-order valence-corrected chi connectivity index (χ3v) is 2.93. The zero-order chi connectivity index (χ0) is 12.8. The van der Waals surface area contributed by atoms with Crippen LogP contribution >= 0.6 is 0 Å². The highest BCUT2D eigenvalue weighted by molar-refractivity contribution is 5.42. The van der Waals surface area contributed by atoms with E-state index in [1.54, 1.807) is 7.11 Å². The second-order valence-corrected chi connectivity index (χ2v) is 4.52. The first-order chi connectivity index (χ1) is 8.08. The van der Waals surface area contributed by atoms with Crippen molar-refractivity contribution in [2.45, 2.75) is 33.2 Å². The SMILES string of the molecule is CCC(C)COc1cc(OC)ccc1C(C)N. The van der Waals surface area contributed by atoms with Crippen molar-refractivity contribution in [1.82, 2.24) is 0 Å². The van der Waals surface area contributed by atoms with Crippen LogP contribution in [0.2, 0.25) is 0 Å². The largest absolute Gasteiger partial charge is 0.497 e. The van der Waals surface area contributed by atoms with Gasteiger partial charge >= 0.3 is 0 Å². The fraction of sp³-hybridized carbons (Fsp3) is 0.571. The molecule has 0 amide bonds. The molecular weight excluding hydrogens is 214 g/mol. The van der Waals surface area contributed by atoms with Gasteiger partial charge in [0.2, 0.25) is 0 Å². The summed E-state index contributed by atoms with van der Waals surface area (Å²) in [6, 6.07) is 5.75. The van der Waals surface area contributed by atoms with Crippen LogP contribution in [0.3, 0.4) is 0 Å². The summed E-state index contributed by atoms with van der Waals surface area (Å²) in [7, 11) is 1.65. The summed E-state index contributed by atoms with van der Waals surface area (Å²) in [5.74, 6) is 2.18. The van der Waals surface area contributed by atoms with Crippen molar-refractivity contribution in [2.75, 3.05) is 13.7 Å². The second-order valence-electron chi connectivity index (χ2n) is 4.52. The molecule has 0 heterocycles. The van der Waals surface area contributed by atoms with E-state index in [1.807, 2.05) is 25.1 Å². The average Bonchev–Trinajstić information content (AvgIpc) is 2.35. The molecular formula is C14H23NO2. The van der Waals surface area contributed by atoms with E-state index in [2.05, 4.69) is 13.8 Å². The quantitative estimate of drug-likeness (QED) is 0.826. The Balaban J connectivity index is 2.85. The average molecular weight is 237 g/mol. The molecule has 17 heavy (non-hydrogen) atoms.